The Morgan fingerprint density at radius 3 is 2.75 bits per heavy atom. The Morgan fingerprint density at radius 2 is 2.33 bits per heavy atom. The molecule has 0 aliphatic carbocycles. The molecule has 0 aromatic rings. The summed E-state index contributed by atoms with van der Waals surface area (Å²) < 4.78 is 18.8. The molecule has 2 rings (SSSR count). The first-order valence-electron chi connectivity index (χ1n) is 4.74. The topological polar surface area (TPSA) is 12.5 Å². The van der Waals surface area contributed by atoms with E-state index in [9.17, 15) is 4.39 Å². The Hall–Kier alpha value is -0.150. The van der Waals surface area contributed by atoms with Gasteiger partial charge in [-0.15, -0.1) is 0 Å². The van der Waals surface area contributed by atoms with Crippen LogP contribution in [0.3, 0.4) is 0 Å². The molecule has 1 unspecified atom stereocenters. The largest absolute Gasteiger partial charge is 0.378 e. The second-order valence-electron chi connectivity index (χ2n) is 3.92. The average Bonchev–Trinajstić information content (AvgIpc) is 2.31. The lowest BCUT2D eigenvalue weighted by atomic mass is 10.0. The highest BCUT2D eigenvalue weighted by molar-refractivity contribution is 4.93. The summed E-state index contributed by atoms with van der Waals surface area (Å²) in [5.41, 5.74) is -0.907. The fourth-order valence-electron chi connectivity index (χ4n) is 1.90. The number of rotatable bonds is 2. The van der Waals surface area contributed by atoms with Crippen molar-refractivity contribution in [3.63, 3.8) is 0 Å². The maximum absolute atomic E-state index is 13.7. The molecular weight excluding hydrogens is 157 g/mol. The van der Waals surface area contributed by atoms with Gasteiger partial charge in [0.15, 0.2) is 0 Å². The van der Waals surface area contributed by atoms with Gasteiger partial charge in [0.05, 0.1) is 19.3 Å². The molecule has 2 nitrogen and oxygen atoms in total. The molecule has 1 atom stereocenters. The molecule has 0 aromatic carbocycles. The van der Waals surface area contributed by atoms with Crippen LogP contribution in [0.1, 0.15) is 19.8 Å². The fraction of sp³-hybridized carbons (Fsp3) is 1.00. The van der Waals surface area contributed by atoms with E-state index in [4.69, 9.17) is 4.74 Å². The number of alkyl halides is 1. The third-order valence-electron chi connectivity index (χ3n) is 3.10. The highest BCUT2D eigenvalue weighted by Gasteiger charge is 2.40. The lowest BCUT2D eigenvalue weighted by Gasteiger charge is -2.34. The smallest absolute Gasteiger partial charge is 0.124 e. The Bertz CT molecular complexity index is 172. The molecule has 12 heavy (non-hydrogen) atoms. The molecule has 2 aliphatic heterocycles. The molecule has 0 saturated carbocycles. The van der Waals surface area contributed by atoms with Crippen LogP contribution in [0, 0.1) is 0 Å². The van der Waals surface area contributed by atoms with Crippen LogP contribution in [-0.4, -0.2) is 42.9 Å². The lowest BCUT2D eigenvalue weighted by Crippen LogP contribution is -2.48. The van der Waals surface area contributed by atoms with Crippen LogP contribution in [0.2, 0.25) is 0 Å². The summed E-state index contributed by atoms with van der Waals surface area (Å²) in [7, 11) is 0. The van der Waals surface area contributed by atoms with Gasteiger partial charge in [-0.1, -0.05) is 6.92 Å². The van der Waals surface area contributed by atoms with Crippen LogP contribution in [0.15, 0.2) is 0 Å². The molecule has 2 heterocycles. The third-order valence-corrected chi connectivity index (χ3v) is 3.10. The monoisotopic (exact) mass is 173 g/mol. The van der Waals surface area contributed by atoms with Crippen molar-refractivity contribution in [1.82, 2.24) is 4.90 Å². The van der Waals surface area contributed by atoms with Gasteiger partial charge in [0.2, 0.25) is 0 Å². The van der Waals surface area contributed by atoms with Crippen LogP contribution < -0.4 is 0 Å². The Balaban J connectivity index is 1.88. The standard InChI is InChI=1S/C9H16FNO/c1-2-9(10)3-4-11(7-9)8-5-12-6-8/h8H,2-7H2,1H3. The highest BCUT2D eigenvalue weighted by Crippen LogP contribution is 2.31. The van der Waals surface area contributed by atoms with Gasteiger partial charge in [-0.2, -0.15) is 0 Å². The number of hydrogen-bond donors (Lipinski definition) is 0. The van der Waals surface area contributed by atoms with Crippen molar-refractivity contribution in [2.24, 2.45) is 0 Å². The van der Waals surface area contributed by atoms with Crippen LogP contribution in [-0.2, 0) is 4.74 Å². The molecule has 3 heteroatoms. The summed E-state index contributed by atoms with van der Waals surface area (Å²) in [5.74, 6) is 0. The lowest BCUT2D eigenvalue weighted by molar-refractivity contribution is -0.0613. The van der Waals surface area contributed by atoms with Crippen molar-refractivity contribution in [3.05, 3.63) is 0 Å². The summed E-state index contributed by atoms with van der Waals surface area (Å²) in [4.78, 5) is 2.23. The SMILES string of the molecule is CCC1(F)CCN(C2COC2)C1. The van der Waals surface area contributed by atoms with Gasteiger partial charge in [0.25, 0.3) is 0 Å². The van der Waals surface area contributed by atoms with Gasteiger partial charge in [-0.3, -0.25) is 4.90 Å². The molecule has 0 spiro atoms. The predicted molar refractivity (Wildman–Crippen MR) is 44.9 cm³/mol. The van der Waals surface area contributed by atoms with Gasteiger partial charge < -0.3 is 4.74 Å². The molecule has 0 amide bonds. The maximum atomic E-state index is 13.7. The molecule has 0 bridgehead atoms. The Morgan fingerprint density at radius 1 is 1.58 bits per heavy atom. The van der Waals surface area contributed by atoms with E-state index in [1.54, 1.807) is 0 Å². The first-order valence-corrected chi connectivity index (χ1v) is 4.74. The van der Waals surface area contributed by atoms with Crippen molar-refractivity contribution in [2.45, 2.75) is 31.5 Å². The Kier molecular flexibility index (Phi) is 2.09. The number of halogens is 1. The molecule has 2 fully saturated rings. The molecule has 2 aliphatic rings. The van der Waals surface area contributed by atoms with Crippen LogP contribution in [0.25, 0.3) is 0 Å². The zero-order chi connectivity index (χ0) is 8.60. The van der Waals surface area contributed by atoms with E-state index in [0.717, 1.165) is 19.8 Å². The van der Waals surface area contributed by atoms with Crippen molar-refractivity contribution < 1.29 is 9.13 Å². The zero-order valence-corrected chi connectivity index (χ0v) is 7.55. The van der Waals surface area contributed by atoms with Crippen molar-refractivity contribution in [3.8, 4) is 0 Å². The van der Waals surface area contributed by atoms with E-state index in [1.165, 1.54) is 0 Å². The predicted octanol–water partition coefficient (Wildman–Crippen LogP) is 1.21. The van der Waals surface area contributed by atoms with Crippen LogP contribution >= 0.6 is 0 Å². The van der Waals surface area contributed by atoms with E-state index in [0.29, 0.717) is 25.4 Å². The van der Waals surface area contributed by atoms with Crippen LogP contribution in [0.5, 0.6) is 0 Å². The third kappa shape index (κ3) is 1.36. The molecule has 0 radical (unpaired) electrons. The number of ether oxygens (including phenoxy) is 1. The first-order chi connectivity index (χ1) is 5.73. The normalized spacial score (nSPS) is 38.5. The van der Waals surface area contributed by atoms with Gasteiger partial charge in [0, 0.05) is 13.1 Å². The minimum atomic E-state index is -0.907. The van der Waals surface area contributed by atoms with E-state index >= 15 is 0 Å². The summed E-state index contributed by atoms with van der Waals surface area (Å²) >= 11 is 0. The molecule has 70 valence electrons. The number of hydrogen-bond acceptors (Lipinski definition) is 2. The second-order valence-corrected chi connectivity index (χ2v) is 3.92. The number of likely N-dealkylation sites (tertiary alicyclic amines) is 1. The summed E-state index contributed by atoms with van der Waals surface area (Å²) in [6.45, 7) is 5.08. The second kappa shape index (κ2) is 2.96. The highest BCUT2D eigenvalue weighted by atomic mass is 19.1. The molecular formula is C9H16FNO. The molecule has 0 N–H and O–H groups in total. The summed E-state index contributed by atoms with van der Waals surface area (Å²) in [6.07, 6.45) is 1.36. The van der Waals surface area contributed by atoms with Crippen molar-refractivity contribution in [2.75, 3.05) is 26.3 Å². The van der Waals surface area contributed by atoms with Gasteiger partial charge in [-0.05, 0) is 12.8 Å². The maximum Gasteiger partial charge on any atom is 0.124 e. The minimum Gasteiger partial charge on any atom is -0.378 e. The van der Waals surface area contributed by atoms with E-state index in [2.05, 4.69) is 4.90 Å². The minimum absolute atomic E-state index is 0.508. The van der Waals surface area contributed by atoms with Crippen molar-refractivity contribution >= 4 is 0 Å². The summed E-state index contributed by atoms with van der Waals surface area (Å²) in [6, 6.07) is 0.508. The van der Waals surface area contributed by atoms with E-state index in [-0.39, 0.29) is 0 Å². The van der Waals surface area contributed by atoms with Crippen LogP contribution in [0.4, 0.5) is 4.39 Å². The van der Waals surface area contributed by atoms with Gasteiger partial charge >= 0.3 is 0 Å². The van der Waals surface area contributed by atoms with E-state index < -0.39 is 5.67 Å². The zero-order valence-electron chi connectivity index (χ0n) is 7.55. The molecule has 2 saturated heterocycles. The average molecular weight is 173 g/mol. The first kappa shape index (κ1) is 8.45. The van der Waals surface area contributed by atoms with Gasteiger partial charge in [0.1, 0.15) is 5.67 Å². The molecule has 0 aromatic heterocycles. The van der Waals surface area contributed by atoms with E-state index in [1.807, 2.05) is 6.92 Å². The quantitative estimate of drug-likeness (QED) is 0.622. The number of nitrogens with zero attached hydrogens (tertiary/aromatic N) is 1. The summed E-state index contributed by atoms with van der Waals surface area (Å²) in [5, 5.41) is 0. The van der Waals surface area contributed by atoms with Crippen molar-refractivity contribution in [1.29, 1.82) is 0 Å². The van der Waals surface area contributed by atoms with Gasteiger partial charge in [-0.25, -0.2) is 4.39 Å². The Labute approximate surface area is 72.7 Å². The fourth-order valence-corrected chi connectivity index (χ4v) is 1.90.